The average Bonchev–Trinajstić information content (AvgIpc) is 2.05. The molecule has 1 fully saturated rings. The van der Waals surface area contributed by atoms with Gasteiger partial charge in [0, 0.05) is 18.7 Å². The van der Waals surface area contributed by atoms with Crippen molar-refractivity contribution in [3.63, 3.8) is 0 Å². The lowest BCUT2D eigenvalue weighted by Gasteiger charge is -2.41. The molecule has 1 aliphatic heterocycles. The normalized spacial score (nSPS) is 20.3. The molecule has 1 aromatic carbocycles. The average molecular weight is 169 g/mol. The van der Waals surface area contributed by atoms with Crippen molar-refractivity contribution in [1.82, 2.24) is 0 Å². The summed E-state index contributed by atoms with van der Waals surface area (Å²) in [4.78, 5) is 1.12. The van der Waals surface area contributed by atoms with Crippen LogP contribution in [-0.2, 0) is 0 Å². The fourth-order valence-corrected chi connectivity index (χ4v) is 1.32. The molecule has 1 aliphatic rings. The van der Waals surface area contributed by atoms with E-state index in [1.807, 2.05) is 6.07 Å². The first kappa shape index (κ1) is 7.53. The summed E-state index contributed by atoms with van der Waals surface area (Å²) < 4.78 is 25.6. The summed E-state index contributed by atoms with van der Waals surface area (Å²) >= 11 is 0. The Kier molecular flexibility index (Phi) is 1.53. The first-order chi connectivity index (χ1) is 5.70. The van der Waals surface area contributed by atoms with Gasteiger partial charge in [0.05, 0.1) is 0 Å². The van der Waals surface area contributed by atoms with Gasteiger partial charge in [-0.05, 0) is 12.1 Å². The molecule has 12 heavy (non-hydrogen) atoms. The third-order valence-corrected chi connectivity index (χ3v) is 2.10. The molecule has 1 aromatic rings. The monoisotopic (exact) mass is 169 g/mol. The highest BCUT2D eigenvalue weighted by atomic mass is 19.3. The van der Waals surface area contributed by atoms with Gasteiger partial charge in [0.15, 0.2) is 0 Å². The molecule has 0 aromatic heterocycles. The van der Waals surface area contributed by atoms with E-state index in [4.69, 9.17) is 0 Å². The van der Waals surface area contributed by atoms with E-state index in [2.05, 4.69) is 0 Å². The maximum atomic E-state index is 12.8. The van der Waals surface area contributed by atoms with Gasteiger partial charge in [-0.1, -0.05) is 18.2 Å². The fraction of sp³-hybridized carbons (Fsp3) is 0.333. The van der Waals surface area contributed by atoms with Crippen LogP contribution in [0.5, 0.6) is 0 Å². The summed E-state index contributed by atoms with van der Waals surface area (Å²) in [7, 11) is 0. The van der Waals surface area contributed by atoms with Gasteiger partial charge >= 0.3 is 6.05 Å². The Balaban J connectivity index is 2.22. The zero-order valence-corrected chi connectivity index (χ0v) is 6.50. The molecule has 0 amide bonds. The SMILES string of the molecule is FC1(F)CCN1c1ccccc1. The highest BCUT2D eigenvalue weighted by Gasteiger charge is 2.45. The molecular weight excluding hydrogens is 160 g/mol. The van der Waals surface area contributed by atoms with E-state index >= 15 is 0 Å². The minimum absolute atomic E-state index is 0.0259. The van der Waals surface area contributed by atoms with Gasteiger partial charge in [0.1, 0.15) is 0 Å². The second-order valence-electron chi connectivity index (χ2n) is 2.90. The maximum absolute atomic E-state index is 12.8. The third-order valence-electron chi connectivity index (χ3n) is 2.10. The number of para-hydroxylation sites is 1. The first-order valence-electron chi connectivity index (χ1n) is 3.91. The van der Waals surface area contributed by atoms with Crippen LogP contribution in [0.2, 0.25) is 0 Å². The molecule has 1 heterocycles. The van der Waals surface area contributed by atoms with Crippen molar-refractivity contribution in [3.05, 3.63) is 30.3 Å². The van der Waals surface area contributed by atoms with E-state index in [9.17, 15) is 8.78 Å². The maximum Gasteiger partial charge on any atom is 0.327 e. The van der Waals surface area contributed by atoms with Crippen LogP contribution in [0.3, 0.4) is 0 Å². The Hall–Kier alpha value is -1.12. The second-order valence-corrected chi connectivity index (χ2v) is 2.90. The molecule has 1 saturated heterocycles. The molecule has 1 nitrogen and oxygen atoms in total. The Labute approximate surface area is 69.6 Å². The van der Waals surface area contributed by atoms with Crippen molar-refractivity contribution < 1.29 is 8.78 Å². The predicted octanol–water partition coefficient (Wildman–Crippen LogP) is 2.49. The number of hydrogen-bond donors (Lipinski definition) is 0. The van der Waals surface area contributed by atoms with Gasteiger partial charge in [-0.2, -0.15) is 8.78 Å². The van der Waals surface area contributed by atoms with Crippen LogP contribution in [0, 0.1) is 0 Å². The Morgan fingerprint density at radius 2 is 1.83 bits per heavy atom. The molecule has 0 unspecified atom stereocenters. The standard InChI is InChI=1S/C9H9F2N/c10-9(11)6-7-12(9)8-4-2-1-3-5-8/h1-5H,6-7H2. The van der Waals surface area contributed by atoms with Gasteiger partial charge in [0.25, 0.3) is 0 Å². The third kappa shape index (κ3) is 1.05. The molecule has 0 saturated carbocycles. The van der Waals surface area contributed by atoms with Crippen LogP contribution < -0.4 is 4.90 Å². The molecule has 0 aliphatic carbocycles. The molecule has 64 valence electrons. The molecule has 0 N–H and O–H groups in total. The van der Waals surface area contributed by atoms with Crippen LogP contribution in [0.15, 0.2) is 30.3 Å². The minimum atomic E-state index is -2.62. The van der Waals surface area contributed by atoms with Crippen LogP contribution in [0.25, 0.3) is 0 Å². The quantitative estimate of drug-likeness (QED) is 0.584. The van der Waals surface area contributed by atoms with Crippen LogP contribution in [0.1, 0.15) is 6.42 Å². The summed E-state index contributed by atoms with van der Waals surface area (Å²) in [5, 5.41) is 0. The first-order valence-corrected chi connectivity index (χ1v) is 3.91. The molecule has 0 spiro atoms. The molecule has 0 bridgehead atoms. The molecular formula is C9H9F2N. The number of halogens is 2. The Morgan fingerprint density at radius 3 is 2.25 bits per heavy atom. The van der Waals surface area contributed by atoms with Crippen LogP contribution in [-0.4, -0.2) is 12.6 Å². The van der Waals surface area contributed by atoms with E-state index in [0.717, 1.165) is 4.90 Å². The van der Waals surface area contributed by atoms with E-state index in [1.54, 1.807) is 24.3 Å². The fourth-order valence-electron chi connectivity index (χ4n) is 1.32. The largest absolute Gasteiger partial charge is 0.327 e. The lowest BCUT2D eigenvalue weighted by atomic mass is 10.1. The molecule has 3 heteroatoms. The second kappa shape index (κ2) is 2.44. The highest BCUT2D eigenvalue weighted by Crippen LogP contribution is 2.37. The van der Waals surface area contributed by atoms with E-state index in [-0.39, 0.29) is 6.42 Å². The van der Waals surface area contributed by atoms with E-state index in [0.29, 0.717) is 12.2 Å². The Bertz CT molecular complexity index is 271. The lowest BCUT2D eigenvalue weighted by Crippen LogP contribution is -2.53. The summed E-state index contributed by atoms with van der Waals surface area (Å²) in [6.07, 6.45) is -0.0259. The molecule has 0 atom stereocenters. The number of alkyl halides is 2. The van der Waals surface area contributed by atoms with Crippen LogP contribution in [0.4, 0.5) is 14.5 Å². The van der Waals surface area contributed by atoms with Crippen molar-refractivity contribution in [2.75, 3.05) is 11.4 Å². The number of nitrogens with zero attached hydrogens (tertiary/aromatic N) is 1. The van der Waals surface area contributed by atoms with Gasteiger partial charge in [-0.3, -0.25) is 0 Å². The molecule has 0 radical (unpaired) electrons. The molecule has 2 rings (SSSR count). The van der Waals surface area contributed by atoms with Gasteiger partial charge in [-0.15, -0.1) is 0 Å². The van der Waals surface area contributed by atoms with Gasteiger partial charge in [-0.25, -0.2) is 0 Å². The van der Waals surface area contributed by atoms with E-state index in [1.165, 1.54) is 0 Å². The smallest absolute Gasteiger partial charge is 0.313 e. The zero-order valence-electron chi connectivity index (χ0n) is 6.50. The van der Waals surface area contributed by atoms with Gasteiger partial charge in [0.2, 0.25) is 0 Å². The highest BCUT2D eigenvalue weighted by molar-refractivity contribution is 5.49. The van der Waals surface area contributed by atoms with Crippen molar-refractivity contribution in [3.8, 4) is 0 Å². The zero-order chi connectivity index (χ0) is 8.60. The van der Waals surface area contributed by atoms with Crippen molar-refractivity contribution >= 4 is 5.69 Å². The number of hydrogen-bond acceptors (Lipinski definition) is 1. The number of benzene rings is 1. The van der Waals surface area contributed by atoms with E-state index < -0.39 is 6.05 Å². The summed E-state index contributed by atoms with van der Waals surface area (Å²) in [6, 6.07) is 6.14. The number of rotatable bonds is 1. The number of anilines is 1. The van der Waals surface area contributed by atoms with Crippen LogP contribution >= 0.6 is 0 Å². The van der Waals surface area contributed by atoms with Crippen molar-refractivity contribution in [1.29, 1.82) is 0 Å². The van der Waals surface area contributed by atoms with Gasteiger partial charge < -0.3 is 4.90 Å². The topological polar surface area (TPSA) is 3.24 Å². The van der Waals surface area contributed by atoms with Crippen molar-refractivity contribution in [2.45, 2.75) is 12.5 Å². The van der Waals surface area contributed by atoms with Crippen molar-refractivity contribution in [2.24, 2.45) is 0 Å². The lowest BCUT2D eigenvalue weighted by molar-refractivity contribution is -0.0547. The predicted molar refractivity (Wildman–Crippen MR) is 43.4 cm³/mol. The summed E-state index contributed by atoms with van der Waals surface area (Å²) in [6.45, 7) is 0.455. The Morgan fingerprint density at radius 1 is 1.17 bits per heavy atom. The summed E-state index contributed by atoms with van der Waals surface area (Å²) in [5.74, 6) is 0. The summed E-state index contributed by atoms with van der Waals surface area (Å²) in [5.41, 5.74) is 0.605. The minimum Gasteiger partial charge on any atom is -0.313 e.